The summed E-state index contributed by atoms with van der Waals surface area (Å²) in [6, 6.07) is 7.42. The lowest BCUT2D eigenvalue weighted by Crippen LogP contribution is -2.39. The summed E-state index contributed by atoms with van der Waals surface area (Å²) in [5, 5.41) is 3.04. The molecule has 0 aromatic heterocycles. The summed E-state index contributed by atoms with van der Waals surface area (Å²) in [5.41, 5.74) is 7.50. The van der Waals surface area contributed by atoms with E-state index >= 15 is 0 Å². The van der Waals surface area contributed by atoms with Crippen LogP contribution in [0.2, 0.25) is 0 Å². The average molecular weight is 347 g/mol. The second-order valence-corrected chi connectivity index (χ2v) is 6.88. The topological polar surface area (TPSA) is 84.7 Å². The third-order valence-electron chi connectivity index (χ3n) is 4.64. The molecule has 0 bridgehead atoms. The third kappa shape index (κ3) is 5.54. The van der Waals surface area contributed by atoms with Gasteiger partial charge < -0.3 is 15.8 Å². The summed E-state index contributed by atoms with van der Waals surface area (Å²) in [6.45, 7) is 2.17. The van der Waals surface area contributed by atoms with E-state index in [-0.39, 0.29) is 30.0 Å². The normalized spacial score (nSPS) is 21.2. The fraction of sp³-hybridized carbons (Fsp3) is 0.579. The van der Waals surface area contributed by atoms with Gasteiger partial charge in [-0.05, 0) is 64.4 Å². The molecule has 1 aliphatic carbocycles. The first-order valence-corrected chi connectivity index (χ1v) is 8.89. The monoisotopic (exact) mass is 347 g/mol. The van der Waals surface area contributed by atoms with Crippen LogP contribution in [0.4, 0.5) is 0 Å². The van der Waals surface area contributed by atoms with E-state index < -0.39 is 0 Å². The van der Waals surface area contributed by atoms with Gasteiger partial charge in [0.2, 0.25) is 0 Å². The fourth-order valence-electron chi connectivity index (χ4n) is 3.15. The van der Waals surface area contributed by atoms with Crippen LogP contribution in [0.15, 0.2) is 24.3 Å². The largest absolute Gasteiger partial charge is 0.465 e. The molecule has 0 saturated heterocycles. The van der Waals surface area contributed by atoms with Gasteiger partial charge in [-0.1, -0.05) is 12.1 Å². The van der Waals surface area contributed by atoms with Crippen molar-refractivity contribution in [2.24, 2.45) is 5.73 Å². The van der Waals surface area contributed by atoms with Crippen LogP contribution in [0.3, 0.4) is 0 Å². The Hall–Kier alpha value is -1.92. The summed E-state index contributed by atoms with van der Waals surface area (Å²) >= 11 is 0. The molecule has 3 atom stereocenters. The highest BCUT2D eigenvalue weighted by Gasteiger charge is 2.24. The molecule has 1 amide bonds. The molecule has 1 aliphatic rings. The predicted octanol–water partition coefficient (Wildman–Crippen LogP) is 1.33. The first-order chi connectivity index (χ1) is 11.9. The zero-order valence-corrected chi connectivity index (χ0v) is 15.3. The lowest BCUT2D eigenvalue weighted by molar-refractivity contribution is -0.148. The van der Waals surface area contributed by atoms with Crippen molar-refractivity contribution in [3.63, 3.8) is 0 Å². The van der Waals surface area contributed by atoms with Crippen molar-refractivity contribution in [1.29, 1.82) is 0 Å². The maximum atomic E-state index is 12.3. The maximum Gasteiger partial charge on any atom is 0.323 e. The zero-order chi connectivity index (χ0) is 18.4. The Morgan fingerprint density at radius 3 is 2.48 bits per heavy atom. The van der Waals surface area contributed by atoms with Gasteiger partial charge >= 0.3 is 5.97 Å². The number of rotatable bonds is 7. The van der Waals surface area contributed by atoms with E-state index in [2.05, 4.69) is 5.32 Å². The highest BCUT2D eigenvalue weighted by atomic mass is 16.5. The molecular formula is C19H29N3O3. The second-order valence-electron chi connectivity index (χ2n) is 6.88. The van der Waals surface area contributed by atoms with Crippen LogP contribution in [0, 0.1) is 0 Å². The van der Waals surface area contributed by atoms with Gasteiger partial charge in [-0.3, -0.25) is 14.5 Å². The molecule has 3 unspecified atom stereocenters. The number of hydrogen-bond acceptors (Lipinski definition) is 5. The summed E-state index contributed by atoms with van der Waals surface area (Å²) in [6.07, 6.45) is 3.29. The number of carbonyl (C=O) groups excluding carboxylic acids is 2. The number of likely N-dealkylation sites (N-methyl/N-ethyl adjacent to an activating group) is 1. The van der Waals surface area contributed by atoms with Crippen molar-refractivity contribution in [1.82, 2.24) is 10.2 Å². The molecule has 1 aromatic rings. The number of amides is 1. The van der Waals surface area contributed by atoms with E-state index in [0.29, 0.717) is 18.6 Å². The maximum absolute atomic E-state index is 12.3. The average Bonchev–Trinajstić information content (AvgIpc) is 2.98. The molecule has 6 nitrogen and oxygen atoms in total. The van der Waals surface area contributed by atoms with Crippen LogP contribution in [0.25, 0.3) is 0 Å². The number of benzene rings is 1. The Balaban J connectivity index is 1.96. The molecule has 1 fully saturated rings. The van der Waals surface area contributed by atoms with Crippen LogP contribution >= 0.6 is 0 Å². The minimum atomic E-state index is -0.334. The van der Waals surface area contributed by atoms with Crippen molar-refractivity contribution < 1.29 is 14.3 Å². The Labute approximate surface area is 149 Å². The highest BCUT2D eigenvalue weighted by Crippen LogP contribution is 2.18. The van der Waals surface area contributed by atoms with Gasteiger partial charge in [0, 0.05) is 17.6 Å². The third-order valence-corrected chi connectivity index (χ3v) is 4.64. The Morgan fingerprint density at radius 1 is 1.28 bits per heavy atom. The minimum absolute atomic E-state index is 0.0693. The molecule has 138 valence electrons. The fourth-order valence-corrected chi connectivity index (χ4v) is 3.15. The van der Waals surface area contributed by atoms with Gasteiger partial charge in [0.15, 0.2) is 0 Å². The number of nitrogens with one attached hydrogen (secondary N) is 1. The van der Waals surface area contributed by atoms with E-state index in [9.17, 15) is 9.59 Å². The van der Waals surface area contributed by atoms with Gasteiger partial charge in [-0.2, -0.15) is 0 Å². The summed E-state index contributed by atoms with van der Waals surface area (Å²) in [5.74, 6) is -0.299. The Bertz CT molecular complexity index is 586. The van der Waals surface area contributed by atoms with Crippen molar-refractivity contribution in [3.05, 3.63) is 35.4 Å². The molecule has 25 heavy (non-hydrogen) atoms. The molecule has 6 heteroatoms. The number of ether oxygens (including phenoxy) is 1. The van der Waals surface area contributed by atoms with Crippen LogP contribution in [0.1, 0.15) is 42.1 Å². The molecule has 0 aliphatic heterocycles. The Kier molecular flexibility index (Phi) is 6.96. The van der Waals surface area contributed by atoms with E-state index in [0.717, 1.165) is 24.8 Å². The first kappa shape index (κ1) is 19.4. The number of carbonyl (C=O) groups is 2. The SMILES string of the molecule is CCOC(=O)C(Cc1ccc(C(=O)NC2CCC(N)C2)cc1)N(C)C. The zero-order valence-electron chi connectivity index (χ0n) is 15.3. The number of nitrogens with two attached hydrogens (primary N) is 1. The van der Waals surface area contributed by atoms with E-state index in [1.54, 1.807) is 19.1 Å². The van der Waals surface area contributed by atoms with Gasteiger partial charge in [0.25, 0.3) is 5.91 Å². The number of hydrogen-bond donors (Lipinski definition) is 2. The van der Waals surface area contributed by atoms with Crippen molar-refractivity contribution in [3.8, 4) is 0 Å². The minimum Gasteiger partial charge on any atom is -0.465 e. The molecular weight excluding hydrogens is 318 g/mol. The van der Waals surface area contributed by atoms with Crippen LogP contribution < -0.4 is 11.1 Å². The van der Waals surface area contributed by atoms with Gasteiger partial charge in [-0.15, -0.1) is 0 Å². The highest BCUT2D eigenvalue weighted by molar-refractivity contribution is 5.94. The summed E-state index contributed by atoms with van der Waals surface area (Å²) < 4.78 is 5.13. The summed E-state index contributed by atoms with van der Waals surface area (Å²) in [4.78, 5) is 26.2. The molecule has 1 saturated carbocycles. The number of esters is 1. The van der Waals surface area contributed by atoms with Gasteiger partial charge in [-0.25, -0.2) is 0 Å². The van der Waals surface area contributed by atoms with Crippen molar-refractivity contribution >= 4 is 11.9 Å². The Morgan fingerprint density at radius 2 is 1.96 bits per heavy atom. The lowest BCUT2D eigenvalue weighted by Gasteiger charge is -2.22. The van der Waals surface area contributed by atoms with Crippen LogP contribution in [-0.2, 0) is 16.0 Å². The summed E-state index contributed by atoms with van der Waals surface area (Å²) in [7, 11) is 3.71. The van der Waals surface area contributed by atoms with Crippen molar-refractivity contribution in [2.45, 2.75) is 50.7 Å². The van der Waals surface area contributed by atoms with Gasteiger partial charge in [0.05, 0.1) is 6.61 Å². The lowest BCUT2D eigenvalue weighted by atomic mass is 10.0. The predicted molar refractivity (Wildman–Crippen MR) is 97.3 cm³/mol. The van der Waals surface area contributed by atoms with Crippen LogP contribution in [-0.4, -0.2) is 55.6 Å². The quantitative estimate of drug-likeness (QED) is 0.727. The second kappa shape index (κ2) is 8.97. The number of nitrogens with zero attached hydrogens (tertiary/aromatic N) is 1. The van der Waals surface area contributed by atoms with Gasteiger partial charge in [0.1, 0.15) is 6.04 Å². The molecule has 2 rings (SSSR count). The molecule has 0 spiro atoms. The van der Waals surface area contributed by atoms with Crippen LogP contribution in [0.5, 0.6) is 0 Å². The van der Waals surface area contributed by atoms with E-state index in [4.69, 9.17) is 10.5 Å². The van der Waals surface area contributed by atoms with E-state index in [1.807, 2.05) is 31.1 Å². The standard InChI is InChI=1S/C19H29N3O3/c1-4-25-19(24)17(22(2)3)11-13-5-7-14(8-6-13)18(23)21-16-10-9-15(20)12-16/h5-8,15-17H,4,9-12,20H2,1-3H3,(H,21,23). The van der Waals surface area contributed by atoms with Crippen molar-refractivity contribution in [2.75, 3.05) is 20.7 Å². The van der Waals surface area contributed by atoms with E-state index in [1.165, 1.54) is 0 Å². The molecule has 3 N–H and O–H groups in total. The molecule has 0 radical (unpaired) electrons. The smallest absolute Gasteiger partial charge is 0.323 e. The molecule has 1 aromatic carbocycles. The molecule has 0 heterocycles. The first-order valence-electron chi connectivity index (χ1n) is 8.89.